The molecule has 0 bridgehead atoms. The molecule has 0 saturated carbocycles. The summed E-state index contributed by atoms with van der Waals surface area (Å²) >= 11 is 12.2. The average molecular weight is 475 g/mol. The third kappa shape index (κ3) is 4.15. The Labute approximate surface area is 191 Å². The van der Waals surface area contributed by atoms with Crippen molar-refractivity contribution in [3.05, 3.63) is 88.4 Å². The van der Waals surface area contributed by atoms with Crippen LogP contribution in [0.2, 0.25) is 10.0 Å². The lowest BCUT2D eigenvalue weighted by molar-refractivity contribution is -0.117. The smallest absolute Gasteiger partial charge is 0.264 e. The average Bonchev–Trinajstić information content (AvgIpc) is 3.10. The molecule has 31 heavy (non-hydrogen) atoms. The molecule has 0 spiro atoms. The van der Waals surface area contributed by atoms with E-state index in [1.54, 1.807) is 29.2 Å². The summed E-state index contributed by atoms with van der Waals surface area (Å²) < 4.78 is 28.1. The van der Waals surface area contributed by atoms with Crippen molar-refractivity contribution >= 4 is 50.5 Å². The van der Waals surface area contributed by atoms with E-state index in [9.17, 15) is 13.2 Å². The highest BCUT2D eigenvalue weighted by Crippen LogP contribution is 2.34. The molecule has 3 aromatic rings. The van der Waals surface area contributed by atoms with Gasteiger partial charge in [0.1, 0.15) is 6.54 Å². The van der Waals surface area contributed by atoms with Gasteiger partial charge in [-0.15, -0.1) is 0 Å². The molecule has 1 amide bonds. The van der Waals surface area contributed by atoms with E-state index in [0.717, 1.165) is 22.0 Å². The number of halogens is 2. The maximum atomic E-state index is 13.5. The van der Waals surface area contributed by atoms with E-state index in [1.165, 1.54) is 24.3 Å². The number of carbonyl (C=O) groups is 1. The molecule has 0 saturated heterocycles. The zero-order chi connectivity index (χ0) is 22.2. The lowest BCUT2D eigenvalue weighted by atomic mass is 10.1. The SMILES string of the molecule is C[C@@H]1Cc2ccccc2N1C(=O)CN(c1ccc(Cl)c(Cl)c1)S(=O)(=O)c1ccccc1. The first-order valence-electron chi connectivity index (χ1n) is 9.72. The molecular formula is C23H20Cl2N2O3S. The molecule has 1 aliphatic rings. The number of rotatable bonds is 5. The Balaban J connectivity index is 1.75. The highest BCUT2D eigenvalue weighted by Gasteiger charge is 2.34. The minimum Gasteiger partial charge on any atom is -0.307 e. The van der Waals surface area contributed by atoms with Crippen LogP contribution in [0.15, 0.2) is 77.7 Å². The Morgan fingerprint density at radius 1 is 1.00 bits per heavy atom. The summed E-state index contributed by atoms with van der Waals surface area (Å²) in [4.78, 5) is 15.1. The van der Waals surface area contributed by atoms with Gasteiger partial charge in [0, 0.05) is 11.7 Å². The second kappa shape index (κ2) is 8.54. The molecule has 1 atom stereocenters. The Kier molecular flexibility index (Phi) is 5.97. The zero-order valence-corrected chi connectivity index (χ0v) is 19.0. The normalized spacial score (nSPS) is 15.6. The van der Waals surface area contributed by atoms with Gasteiger partial charge in [-0.05, 0) is 55.3 Å². The fraction of sp³-hybridized carbons (Fsp3) is 0.174. The van der Waals surface area contributed by atoms with Crippen molar-refractivity contribution in [1.29, 1.82) is 0 Å². The van der Waals surface area contributed by atoms with Gasteiger partial charge in [0.15, 0.2) is 0 Å². The molecule has 0 unspecified atom stereocenters. The van der Waals surface area contributed by atoms with Gasteiger partial charge in [0.2, 0.25) is 5.91 Å². The number of fused-ring (bicyclic) bond motifs is 1. The lowest BCUT2D eigenvalue weighted by Crippen LogP contribution is -2.45. The predicted octanol–water partition coefficient (Wildman–Crippen LogP) is 5.17. The van der Waals surface area contributed by atoms with Crippen molar-refractivity contribution in [2.75, 3.05) is 15.7 Å². The first kappa shape index (κ1) is 21.7. The summed E-state index contributed by atoms with van der Waals surface area (Å²) in [5, 5.41) is 0.510. The van der Waals surface area contributed by atoms with Crippen LogP contribution in [0.1, 0.15) is 12.5 Å². The minimum atomic E-state index is -4.02. The number of para-hydroxylation sites is 1. The number of benzene rings is 3. The summed E-state index contributed by atoms with van der Waals surface area (Å²) in [6, 6.07) is 20.1. The third-order valence-electron chi connectivity index (χ3n) is 5.28. The Hall–Kier alpha value is -2.54. The number of anilines is 2. The second-order valence-electron chi connectivity index (χ2n) is 7.37. The summed E-state index contributed by atoms with van der Waals surface area (Å²) in [5.74, 6) is -0.317. The number of hydrogen-bond acceptors (Lipinski definition) is 3. The first-order chi connectivity index (χ1) is 14.8. The van der Waals surface area contributed by atoms with Crippen LogP contribution in [-0.2, 0) is 21.2 Å². The van der Waals surface area contributed by atoms with Crippen molar-refractivity contribution in [2.45, 2.75) is 24.3 Å². The van der Waals surface area contributed by atoms with E-state index in [-0.39, 0.29) is 34.1 Å². The van der Waals surface area contributed by atoms with Gasteiger partial charge in [0.05, 0.1) is 20.6 Å². The Morgan fingerprint density at radius 2 is 1.68 bits per heavy atom. The fourth-order valence-electron chi connectivity index (χ4n) is 3.82. The summed E-state index contributed by atoms with van der Waals surface area (Å²) in [7, 11) is -4.02. The van der Waals surface area contributed by atoms with Crippen molar-refractivity contribution in [2.24, 2.45) is 0 Å². The quantitative estimate of drug-likeness (QED) is 0.512. The summed E-state index contributed by atoms with van der Waals surface area (Å²) in [5.41, 5.74) is 2.15. The van der Waals surface area contributed by atoms with Crippen LogP contribution >= 0.6 is 23.2 Å². The maximum absolute atomic E-state index is 13.5. The van der Waals surface area contributed by atoms with E-state index < -0.39 is 10.0 Å². The molecule has 160 valence electrons. The van der Waals surface area contributed by atoms with Gasteiger partial charge in [-0.3, -0.25) is 9.10 Å². The molecule has 4 rings (SSSR count). The monoisotopic (exact) mass is 474 g/mol. The minimum absolute atomic E-state index is 0.0695. The van der Waals surface area contributed by atoms with Gasteiger partial charge in [-0.1, -0.05) is 59.6 Å². The molecule has 3 aromatic carbocycles. The van der Waals surface area contributed by atoms with Crippen LogP contribution in [0.5, 0.6) is 0 Å². The highest BCUT2D eigenvalue weighted by molar-refractivity contribution is 7.92. The van der Waals surface area contributed by atoms with Crippen LogP contribution < -0.4 is 9.21 Å². The van der Waals surface area contributed by atoms with E-state index in [4.69, 9.17) is 23.2 Å². The van der Waals surface area contributed by atoms with Crippen LogP contribution in [-0.4, -0.2) is 26.9 Å². The standard InChI is InChI=1S/C23H20Cl2N2O3S/c1-16-13-17-7-5-6-10-22(17)27(16)23(28)15-26(18-11-12-20(24)21(25)14-18)31(29,30)19-8-3-2-4-9-19/h2-12,14,16H,13,15H2,1H3/t16-/m1/s1. The number of amides is 1. The van der Waals surface area contributed by atoms with Crippen molar-refractivity contribution in [1.82, 2.24) is 0 Å². The molecule has 0 N–H and O–H groups in total. The Bertz CT molecular complexity index is 1230. The summed E-state index contributed by atoms with van der Waals surface area (Å²) in [6.45, 7) is 1.58. The molecule has 0 fully saturated rings. The van der Waals surface area contributed by atoms with Crippen LogP contribution in [0.25, 0.3) is 0 Å². The van der Waals surface area contributed by atoms with Crippen LogP contribution in [0, 0.1) is 0 Å². The largest absolute Gasteiger partial charge is 0.307 e. The van der Waals surface area contributed by atoms with Crippen molar-refractivity contribution < 1.29 is 13.2 Å². The summed E-state index contributed by atoms with van der Waals surface area (Å²) in [6.07, 6.45) is 0.722. The van der Waals surface area contributed by atoms with E-state index >= 15 is 0 Å². The first-order valence-corrected chi connectivity index (χ1v) is 11.9. The zero-order valence-electron chi connectivity index (χ0n) is 16.7. The highest BCUT2D eigenvalue weighted by atomic mass is 35.5. The van der Waals surface area contributed by atoms with Crippen LogP contribution in [0.4, 0.5) is 11.4 Å². The Morgan fingerprint density at radius 3 is 2.39 bits per heavy atom. The fourth-order valence-corrected chi connectivity index (χ4v) is 5.54. The molecule has 0 aromatic heterocycles. The lowest BCUT2D eigenvalue weighted by Gasteiger charge is -2.29. The molecule has 0 aliphatic carbocycles. The number of sulfonamides is 1. The van der Waals surface area contributed by atoms with E-state index in [1.807, 2.05) is 31.2 Å². The van der Waals surface area contributed by atoms with Crippen molar-refractivity contribution in [3.63, 3.8) is 0 Å². The van der Waals surface area contributed by atoms with Gasteiger partial charge in [-0.2, -0.15) is 0 Å². The third-order valence-corrected chi connectivity index (χ3v) is 7.80. The topological polar surface area (TPSA) is 57.7 Å². The molecule has 0 radical (unpaired) electrons. The van der Waals surface area contributed by atoms with Gasteiger partial charge >= 0.3 is 0 Å². The predicted molar refractivity (Wildman–Crippen MR) is 125 cm³/mol. The van der Waals surface area contributed by atoms with Gasteiger partial charge in [0.25, 0.3) is 10.0 Å². The molecule has 1 aliphatic heterocycles. The van der Waals surface area contributed by atoms with E-state index in [2.05, 4.69) is 0 Å². The van der Waals surface area contributed by atoms with Gasteiger partial charge in [-0.25, -0.2) is 8.42 Å². The maximum Gasteiger partial charge on any atom is 0.264 e. The van der Waals surface area contributed by atoms with Gasteiger partial charge < -0.3 is 4.90 Å². The number of carbonyl (C=O) groups excluding carboxylic acids is 1. The molecule has 1 heterocycles. The van der Waals surface area contributed by atoms with Crippen LogP contribution in [0.3, 0.4) is 0 Å². The number of hydrogen-bond donors (Lipinski definition) is 0. The van der Waals surface area contributed by atoms with Crippen molar-refractivity contribution in [3.8, 4) is 0 Å². The number of nitrogens with zero attached hydrogens (tertiary/aromatic N) is 2. The molecule has 5 nitrogen and oxygen atoms in total. The van der Waals surface area contributed by atoms with E-state index in [0.29, 0.717) is 5.02 Å². The second-order valence-corrected chi connectivity index (χ2v) is 10.0. The molecule has 8 heteroatoms. The molecular weight excluding hydrogens is 455 g/mol.